The predicted octanol–water partition coefficient (Wildman–Crippen LogP) is 0.660. The van der Waals surface area contributed by atoms with Crippen LogP contribution in [0.2, 0.25) is 0 Å². The van der Waals surface area contributed by atoms with Crippen LogP contribution in [0.4, 0.5) is 11.9 Å². The van der Waals surface area contributed by atoms with E-state index in [1.165, 1.54) is 7.11 Å². The van der Waals surface area contributed by atoms with Crippen LogP contribution in [0.25, 0.3) is 0 Å². The van der Waals surface area contributed by atoms with Crippen molar-refractivity contribution in [1.29, 1.82) is 5.26 Å². The Hall–Kier alpha value is -2.10. The van der Waals surface area contributed by atoms with Crippen molar-refractivity contribution in [3.63, 3.8) is 0 Å². The second kappa shape index (κ2) is 5.84. The van der Waals surface area contributed by atoms with Gasteiger partial charge in [0.05, 0.1) is 19.6 Å². The van der Waals surface area contributed by atoms with Crippen molar-refractivity contribution in [2.24, 2.45) is 0 Å². The summed E-state index contributed by atoms with van der Waals surface area (Å²) in [6.45, 7) is 1.93. The summed E-state index contributed by atoms with van der Waals surface area (Å²) in [5.41, 5.74) is 0. The smallest absolute Gasteiger partial charge is 0.322 e. The molecule has 17 heavy (non-hydrogen) atoms. The molecule has 1 unspecified atom stereocenters. The number of nitrogens with one attached hydrogen (secondary N) is 1. The van der Waals surface area contributed by atoms with E-state index in [1.54, 1.807) is 7.05 Å². The minimum atomic E-state index is 0.0248. The molecule has 0 radical (unpaired) electrons. The summed E-state index contributed by atoms with van der Waals surface area (Å²) in [7, 11) is 5.05. The third-order valence-electron chi connectivity index (χ3n) is 2.37. The van der Waals surface area contributed by atoms with E-state index in [9.17, 15) is 0 Å². The van der Waals surface area contributed by atoms with Gasteiger partial charge in [0.1, 0.15) is 0 Å². The van der Waals surface area contributed by atoms with Crippen molar-refractivity contribution in [2.45, 2.75) is 19.4 Å². The molecule has 1 atom stereocenters. The van der Waals surface area contributed by atoms with Crippen LogP contribution in [-0.2, 0) is 0 Å². The van der Waals surface area contributed by atoms with Gasteiger partial charge in [0.15, 0.2) is 0 Å². The highest BCUT2D eigenvalue weighted by Gasteiger charge is 2.15. The average molecular weight is 236 g/mol. The first-order valence-corrected chi connectivity index (χ1v) is 5.20. The van der Waals surface area contributed by atoms with Gasteiger partial charge in [-0.25, -0.2) is 0 Å². The highest BCUT2D eigenvalue weighted by molar-refractivity contribution is 5.38. The van der Waals surface area contributed by atoms with E-state index < -0.39 is 0 Å². The first kappa shape index (κ1) is 13.0. The van der Waals surface area contributed by atoms with Gasteiger partial charge in [0.2, 0.25) is 11.9 Å². The standard InChI is InChI=1S/C10H16N6O/c1-7(5-6-11)16(3)9-13-8(12-2)14-10(15-9)17-4/h7H,5H2,1-4H3,(H,12,13,14,15). The fraction of sp³-hybridized carbons (Fsp3) is 0.600. The third-order valence-corrected chi connectivity index (χ3v) is 2.37. The maximum atomic E-state index is 8.67. The Morgan fingerprint density at radius 2 is 2.18 bits per heavy atom. The van der Waals surface area contributed by atoms with Gasteiger partial charge in [-0.05, 0) is 6.92 Å². The van der Waals surface area contributed by atoms with Gasteiger partial charge in [-0.1, -0.05) is 0 Å². The Morgan fingerprint density at radius 3 is 2.71 bits per heavy atom. The molecule has 0 spiro atoms. The molecule has 1 heterocycles. The van der Waals surface area contributed by atoms with Crippen molar-refractivity contribution in [3.8, 4) is 12.1 Å². The monoisotopic (exact) mass is 236 g/mol. The van der Waals surface area contributed by atoms with Crippen molar-refractivity contribution < 1.29 is 4.74 Å². The van der Waals surface area contributed by atoms with Crippen molar-refractivity contribution >= 4 is 11.9 Å². The largest absolute Gasteiger partial charge is 0.467 e. The van der Waals surface area contributed by atoms with Gasteiger partial charge in [-0.2, -0.15) is 20.2 Å². The molecule has 1 aromatic rings. The quantitative estimate of drug-likeness (QED) is 0.803. The summed E-state index contributed by atoms with van der Waals surface area (Å²) >= 11 is 0. The zero-order valence-corrected chi connectivity index (χ0v) is 10.4. The molecule has 92 valence electrons. The number of methoxy groups -OCH3 is 1. The lowest BCUT2D eigenvalue weighted by Gasteiger charge is -2.23. The van der Waals surface area contributed by atoms with Crippen LogP contribution in [0.15, 0.2) is 0 Å². The van der Waals surface area contributed by atoms with Gasteiger partial charge >= 0.3 is 6.01 Å². The molecule has 0 aliphatic carbocycles. The van der Waals surface area contributed by atoms with Gasteiger partial charge in [0, 0.05) is 20.1 Å². The molecular weight excluding hydrogens is 220 g/mol. The van der Waals surface area contributed by atoms with E-state index in [0.717, 1.165) is 0 Å². The minimum absolute atomic E-state index is 0.0248. The Balaban J connectivity index is 3.00. The first-order chi connectivity index (χ1) is 8.12. The molecule has 7 nitrogen and oxygen atoms in total. The third kappa shape index (κ3) is 3.17. The van der Waals surface area contributed by atoms with E-state index in [2.05, 4.69) is 26.3 Å². The highest BCUT2D eigenvalue weighted by atomic mass is 16.5. The molecule has 0 aliphatic heterocycles. The fourth-order valence-corrected chi connectivity index (χ4v) is 1.17. The SMILES string of the molecule is CNc1nc(OC)nc(N(C)C(C)CC#N)n1. The molecule has 1 N–H and O–H groups in total. The van der Waals surface area contributed by atoms with Crippen LogP contribution in [0, 0.1) is 11.3 Å². The summed E-state index contributed by atoms with van der Waals surface area (Å²) in [6, 6.07) is 2.39. The number of hydrogen-bond donors (Lipinski definition) is 1. The van der Waals surface area contributed by atoms with Gasteiger partial charge in [0.25, 0.3) is 0 Å². The number of hydrogen-bond acceptors (Lipinski definition) is 7. The van der Waals surface area contributed by atoms with Gasteiger partial charge in [-0.3, -0.25) is 0 Å². The molecule has 0 amide bonds. The number of nitrogens with zero attached hydrogens (tertiary/aromatic N) is 5. The Morgan fingerprint density at radius 1 is 1.47 bits per heavy atom. The van der Waals surface area contributed by atoms with E-state index >= 15 is 0 Å². The molecule has 0 fully saturated rings. The Bertz CT molecular complexity index is 393. The van der Waals surface area contributed by atoms with Crippen molar-refractivity contribution in [3.05, 3.63) is 0 Å². The Kier molecular flexibility index (Phi) is 4.46. The molecule has 0 bridgehead atoms. The highest BCUT2D eigenvalue weighted by Crippen LogP contribution is 2.16. The maximum absolute atomic E-state index is 8.67. The second-order valence-electron chi connectivity index (χ2n) is 3.52. The van der Waals surface area contributed by atoms with Crippen LogP contribution in [0.5, 0.6) is 6.01 Å². The van der Waals surface area contributed by atoms with E-state index in [1.807, 2.05) is 18.9 Å². The molecule has 0 aromatic carbocycles. The number of anilines is 2. The molecule has 0 aliphatic rings. The zero-order valence-electron chi connectivity index (χ0n) is 10.4. The normalized spacial score (nSPS) is 11.5. The lowest BCUT2D eigenvalue weighted by atomic mass is 10.2. The van der Waals surface area contributed by atoms with Gasteiger partial charge in [-0.15, -0.1) is 0 Å². The molecule has 7 heteroatoms. The van der Waals surface area contributed by atoms with Crippen LogP contribution < -0.4 is 15.0 Å². The minimum Gasteiger partial charge on any atom is -0.467 e. The van der Waals surface area contributed by atoms with E-state index in [-0.39, 0.29) is 12.1 Å². The van der Waals surface area contributed by atoms with Crippen LogP contribution in [-0.4, -0.2) is 42.2 Å². The van der Waals surface area contributed by atoms with Crippen molar-refractivity contribution in [1.82, 2.24) is 15.0 Å². The molecule has 0 saturated carbocycles. The topological polar surface area (TPSA) is 87.0 Å². The summed E-state index contributed by atoms with van der Waals surface area (Å²) in [5, 5.41) is 11.5. The van der Waals surface area contributed by atoms with E-state index in [4.69, 9.17) is 10.00 Å². The molecule has 1 rings (SSSR count). The number of nitriles is 1. The van der Waals surface area contributed by atoms with Crippen LogP contribution in [0.3, 0.4) is 0 Å². The lowest BCUT2D eigenvalue weighted by molar-refractivity contribution is 0.378. The number of rotatable bonds is 5. The van der Waals surface area contributed by atoms with Crippen LogP contribution in [0.1, 0.15) is 13.3 Å². The molecule has 0 saturated heterocycles. The summed E-state index contributed by atoms with van der Waals surface area (Å²) in [6.07, 6.45) is 0.402. The maximum Gasteiger partial charge on any atom is 0.322 e. The van der Waals surface area contributed by atoms with Crippen molar-refractivity contribution in [2.75, 3.05) is 31.4 Å². The predicted molar refractivity (Wildman–Crippen MR) is 64.0 cm³/mol. The fourth-order valence-electron chi connectivity index (χ4n) is 1.17. The number of ether oxygens (including phenoxy) is 1. The average Bonchev–Trinajstić information content (AvgIpc) is 2.37. The molecule has 1 aromatic heterocycles. The Labute approximate surface area is 100 Å². The van der Waals surface area contributed by atoms with E-state index in [0.29, 0.717) is 18.3 Å². The van der Waals surface area contributed by atoms with Gasteiger partial charge < -0.3 is 15.0 Å². The first-order valence-electron chi connectivity index (χ1n) is 5.20. The molecular formula is C10H16N6O. The summed E-state index contributed by atoms with van der Waals surface area (Å²) in [5.74, 6) is 0.909. The summed E-state index contributed by atoms with van der Waals surface area (Å²) < 4.78 is 4.99. The van der Waals surface area contributed by atoms with Crippen LogP contribution >= 0.6 is 0 Å². The zero-order chi connectivity index (χ0) is 12.8. The lowest BCUT2D eigenvalue weighted by Crippen LogP contribution is -2.30. The summed E-state index contributed by atoms with van der Waals surface area (Å²) in [4.78, 5) is 14.2. The number of aromatic nitrogens is 3. The second-order valence-corrected chi connectivity index (χ2v) is 3.52.